The third-order valence-electron chi connectivity index (χ3n) is 2.82. The van der Waals surface area contributed by atoms with Crippen LogP contribution in [0.4, 0.5) is 4.79 Å². The highest BCUT2D eigenvalue weighted by atomic mass is 16.5. The molecule has 0 fully saturated rings. The van der Waals surface area contributed by atoms with E-state index in [1.165, 1.54) is 0 Å². The minimum absolute atomic E-state index is 0.0499. The number of amides is 2. The van der Waals surface area contributed by atoms with Gasteiger partial charge in [-0.3, -0.25) is 4.79 Å². The van der Waals surface area contributed by atoms with Gasteiger partial charge in [0.1, 0.15) is 5.75 Å². The highest BCUT2D eigenvalue weighted by Gasteiger charge is 2.09. The monoisotopic (exact) mass is 280 g/mol. The minimum Gasteiger partial charge on any atom is -0.497 e. The van der Waals surface area contributed by atoms with Crippen molar-refractivity contribution >= 4 is 12.0 Å². The SMILES string of the molecule is COc1ccc(C(C)NC(=O)NCCCC(=O)O)cc1. The largest absolute Gasteiger partial charge is 0.497 e. The lowest BCUT2D eigenvalue weighted by Gasteiger charge is -2.15. The van der Waals surface area contributed by atoms with E-state index in [0.717, 1.165) is 11.3 Å². The Labute approximate surface area is 118 Å². The number of aliphatic carboxylic acids is 1. The predicted molar refractivity (Wildman–Crippen MR) is 74.8 cm³/mol. The molecule has 0 aliphatic carbocycles. The van der Waals surface area contributed by atoms with Gasteiger partial charge in [0.05, 0.1) is 13.2 Å². The van der Waals surface area contributed by atoms with Crippen molar-refractivity contribution in [1.29, 1.82) is 0 Å². The first kappa shape index (κ1) is 15.8. The van der Waals surface area contributed by atoms with Crippen LogP contribution >= 0.6 is 0 Å². The summed E-state index contributed by atoms with van der Waals surface area (Å²) in [6, 6.07) is 6.98. The highest BCUT2D eigenvalue weighted by Crippen LogP contribution is 2.16. The molecule has 3 N–H and O–H groups in total. The van der Waals surface area contributed by atoms with E-state index in [0.29, 0.717) is 13.0 Å². The number of nitrogens with one attached hydrogen (secondary N) is 2. The highest BCUT2D eigenvalue weighted by molar-refractivity contribution is 5.74. The minimum atomic E-state index is -0.862. The summed E-state index contributed by atoms with van der Waals surface area (Å²) in [5, 5.41) is 13.9. The van der Waals surface area contributed by atoms with Gasteiger partial charge in [0, 0.05) is 13.0 Å². The Kier molecular flexibility index (Phi) is 6.36. The first-order valence-electron chi connectivity index (χ1n) is 6.43. The van der Waals surface area contributed by atoms with Crippen molar-refractivity contribution in [3.05, 3.63) is 29.8 Å². The summed E-state index contributed by atoms with van der Waals surface area (Å²) in [6.45, 7) is 2.21. The van der Waals surface area contributed by atoms with Gasteiger partial charge < -0.3 is 20.5 Å². The zero-order valence-electron chi connectivity index (χ0n) is 11.7. The van der Waals surface area contributed by atoms with Crippen molar-refractivity contribution in [3.63, 3.8) is 0 Å². The van der Waals surface area contributed by atoms with Gasteiger partial charge >= 0.3 is 12.0 Å². The van der Waals surface area contributed by atoms with Gasteiger partial charge in [0.15, 0.2) is 0 Å². The molecule has 6 nitrogen and oxygen atoms in total. The Morgan fingerprint density at radius 3 is 2.50 bits per heavy atom. The Bertz CT molecular complexity index is 445. The maximum atomic E-state index is 11.6. The number of carbonyl (C=O) groups is 2. The second-order valence-electron chi connectivity index (χ2n) is 4.39. The maximum Gasteiger partial charge on any atom is 0.315 e. The molecule has 0 radical (unpaired) electrons. The zero-order chi connectivity index (χ0) is 15.0. The van der Waals surface area contributed by atoms with Crippen LogP contribution in [-0.2, 0) is 4.79 Å². The Morgan fingerprint density at radius 2 is 1.95 bits per heavy atom. The molecule has 6 heteroatoms. The van der Waals surface area contributed by atoms with E-state index in [9.17, 15) is 9.59 Å². The summed E-state index contributed by atoms with van der Waals surface area (Å²) in [7, 11) is 1.60. The number of hydrogen-bond donors (Lipinski definition) is 3. The summed E-state index contributed by atoms with van der Waals surface area (Å²) in [5.41, 5.74) is 0.964. The van der Waals surface area contributed by atoms with Gasteiger partial charge in [-0.1, -0.05) is 12.1 Å². The first-order chi connectivity index (χ1) is 9.52. The summed E-state index contributed by atoms with van der Waals surface area (Å²) in [4.78, 5) is 21.9. The van der Waals surface area contributed by atoms with Gasteiger partial charge in [-0.25, -0.2) is 4.79 Å². The van der Waals surface area contributed by atoms with Gasteiger partial charge in [-0.15, -0.1) is 0 Å². The number of carboxylic acid groups (broad SMARTS) is 1. The summed E-state index contributed by atoms with van der Waals surface area (Å²) in [6.07, 6.45) is 0.466. The number of carbonyl (C=O) groups excluding carboxylic acids is 1. The number of urea groups is 1. The Balaban J connectivity index is 2.34. The molecule has 20 heavy (non-hydrogen) atoms. The molecule has 1 unspecified atom stereocenters. The molecule has 0 bridgehead atoms. The van der Waals surface area contributed by atoms with Crippen LogP contribution in [0.5, 0.6) is 5.75 Å². The molecule has 1 rings (SSSR count). The molecule has 0 aromatic heterocycles. The molecule has 0 saturated carbocycles. The standard InChI is InChI=1S/C14H20N2O4/c1-10(11-5-7-12(20-2)8-6-11)16-14(19)15-9-3-4-13(17)18/h5-8,10H,3-4,9H2,1-2H3,(H,17,18)(H2,15,16,19). The van der Waals surface area contributed by atoms with Crippen molar-refractivity contribution < 1.29 is 19.4 Å². The molecular weight excluding hydrogens is 260 g/mol. The van der Waals surface area contributed by atoms with Crippen LogP contribution in [0.2, 0.25) is 0 Å². The quantitative estimate of drug-likeness (QED) is 0.666. The molecular formula is C14H20N2O4. The van der Waals surface area contributed by atoms with E-state index in [1.54, 1.807) is 7.11 Å². The van der Waals surface area contributed by atoms with E-state index in [2.05, 4.69) is 10.6 Å². The fourth-order valence-corrected chi connectivity index (χ4v) is 1.67. The van der Waals surface area contributed by atoms with Gasteiger partial charge in [0.25, 0.3) is 0 Å². The molecule has 0 aliphatic heterocycles. The van der Waals surface area contributed by atoms with Crippen LogP contribution in [0, 0.1) is 0 Å². The lowest BCUT2D eigenvalue weighted by atomic mass is 10.1. The lowest BCUT2D eigenvalue weighted by molar-refractivity contribution is -0.137. The van der Waals surface area contributed by atoms with E-state index >= 15 is 0 Å². The zero-order valence-corrected chi connectivity index (χ0v) is 11.7. The molecule has 1 aromatic carbocycles. The van der Waals surface area contributed by atoms with Crippen molar-refractivity contribution in [2.24, 2.45) is 0 Å². The molecule has 1 atom stereocenters. The van der Waals surface area contributed by atoms with Crippen LogP contribution in [-0.4, -0.2) is 30.8 Å². The van der Waals surface area contributed by atoms with Crippen molar-refractivity contribution in [2.75, 3.05) is 13.7 Å². The number of hydrogen-bond acceptors (Lipinski definition) is 3. The second-order valence-corrected chi connectivity index (χ2v) is 4.39. The lowest BCUT2D eigenvalue weighted by Crippen LogP contribution is -2.37. The van der Waals surface area contributed by atoms with Crippen LogP contribution in [0.3, 0.4) is 0 Å². The van der Waals surface area contributed by atoms with Crippen molar-refractivity contribution in [3.8, 4) is 5.75 Å². The van der Waals surface area contributed by atoms with Crippen LogP contribution in [0.25, 0.3) is 0 Å². The number of rotatable bonds is 7. The average Bonchev–Trinajstić information content (AvgIpc) is 2.43. The van der Waals surface area contributed by atoms with E-state index in [-0.39, 0.29) is 18.5 Å². The summed E-state index contributed by atoms with van der Waals surface area (Å²) in [5.74, 6) is -0.0992. The molecule has 110 valence electrons. The average molecular weight is 280 g/mol. The second kappa shape index (κ2) is 8.04. The molecule has 0 saturated heterocycles. The first-order valence-corrected chi connectivity index (χ1v) is 6.43. The number of carboxylic acids is 1. The Morgan fingerprint density at radius 1 is 1.30 bits per heavy atom. The molecule has 2 amide bonds. The molecule has 0 aliphatic rings. The predicted octanol–water partition coefficient (Wildman–Crippen LogP) is 1.92. The number of methoxy groups -OCH3 is 1. The molecule has 0 spiro atoms. The van der Waals surface area contributed by atoms with E-state index in [4.69, 9.17) is 9.84 Å². The van der Waals surface area contributed by atoms with Crippen molar-refractivity contribution in [2.45, 2.75) is 25.8 Å². The van der Waals surface area contributed by atoms with E-state index < -0.39 is 5.97 Å². The maximum absolute atomic E-state index is 11.6. The van der Waals surface area contributed by atoms with Gasteiger partial charge in [-0.05, 0) is 31.0 Å². The number of benzene rings is 1. The van der Waals surface area contributed by atoms with E-state index in [1.807, 2.05) is 31.2 Å². The Hall–Kier alpha value is -2.24. The molecule has 0 heterocycles. The third-order valence-corrected chi connectivity index (χ3v) is 2.82. The summed E-state index contributed by atoms with van der Waals surface area (Å²) < 4.78 is 5.07. The van der Waals surface area contributed by atoms with Gasteiger partial charge in [0.2, 0.25) is 0 Å². The smallest absolute Gasteiger partial charge is 0.315 e. The fourth-order valence-electron chi connectivity index (χ4n) is 1.67. The summed E-state index contributed by atoms with van der Waals surface area (Å²) >= 11 is 0. The van der Waals surface area contributed by atoms with Crippen LogP contribution in [0.1, 0.15) is 31.4 Å². The molecule has 1 aromatic rings. The number of ether oxygens (including phenoxy) is 1. The third kappa shape index (κ3) is 5.60. The topological polar surface area (TPSA) is 87.7 Å². The fraction of sp³-hybridized carbons (Fsp3) is 0.429. The van der Waals surface area contributed by atoms with Gasteiger partial charge in [-0.2, -0.15) is 0 Å². The van der Waals surface area contributed by atoms with Crippen molar-refractivity contribution in [1.82, 2.24) is 10.6 Å². The van der Waals surface area contributed by atoms with Crippen LogP contribution in [0.15, 0.2) is 24.3 Å². The normalized spacial score (nSPS) is 11.5. The van der Waals surface area contributed by atoms with Crippen LogP contribution < -0.4 is 15.4 Å².